The molecular weight excluding hydrogens is 316 g/mol. The molecule has 0 N–H and O–H groups in total. The van der Waals surface area contributed by atoms with Crippen molar-refractivity contribution in [2.24, 2.45) is 0 Å². The van der Waals surface area contributed by atoms with Crippen LogP contribution in [0.15, 0.2) is 23.0 Å². The third-order valence-corrected chi connectivity index (χ3v) is 3.45. The molecule has 0 saturated heterocycles. The summed E-state index contributed by atoms with van der Waals surface area (Å²) in [6.45, 7) is 1.95. The first-order valence-electron chi connectivity index (χ1n) is 7.11. The molecule has 0 aromatic rings. The molecule has 0 aliphatic heterocycles. The van der Waals surface area contributed by atoms with Crippen LogP contribution in [0.1, 0.15) is 19.8 Å². The molecule has 3 aliphatic carbocycles. The summed E-state index contributed by atoms with van der Waals surface area (Å²) in [5, 5.41) is 0. The van der Waals surface area contributed by atoms with E-state index in [4.69, 9.17) is 4.74 Å². The van der Waals surface area contributed by atoms with Crippen molar-refractivity contribution in [2.45, 2.75) is 19.8 Å². The number of carbonyl (C=O) groups is 1. The van der Waals surface area contributed by atoms with Gasteiger partial charge in [-0.2, -0.15) is 0 Å². The standard InChI is InChI=1S/C14H15O2.C5H5.Fe/c1-10-13(16-2)9-5-8-12(15)14(10)11-6-3-4-7-11;1-2-4-5-3-1;/h3-4,6-7,9H,5,8H2,1-2H3;1-5H;/q;;+2. The summed E-state index contributed by atoms with van der Waals surface area (Å²) in [5.41, 5.74) is 1.74. The van der Waals surface area contributed by atoms with E-state index >= 15 is 0 Å². The first-order valence-corrected chi connectivity index (χ1v) is 7.11. The summed E-state index contributed by atoms with van der Waals surface area (Å²) in [7, 11) is 1.65. The fourth-order valence-electron chi connectivity index (χ4n) is 2.42. The van der Waals surface area contributed by atoms with Crippen LogP contribution in [0.2, 0.25) is 0 Å². The number of carbonyl (C=O) groups excluding carboxylic acids is 1. The van der Waals surface area contributed by atoms with E-state index in [1.165, 1.54) is 0 Å². The van der Waals surface area contributed by atoms with Crippen molar-refractivity contribution in [3.8, 4) is 0 Å². The molecule has 2 saturated carbocycles. The van der Waals surface area contributed by atoms with E-state index in [0.29, 0.717) is 6.42 Å². The molecule has 22 heavy (non-hydrogen) atoms. The summed E-state index contributed by atoms with van der Waals surface area (Å²) in [6.07, 6.45) is 21.1. The van der Waals surface area contributed by atoms with E-state index in [-0.39, 0.29) is 22.9 Å². The molecule has 10 radical (unpaired) electrons. The van der Waals surface area contributed by atoms with Crippen LogP contribution in [-0.2, 0) is 26.6 Å². The average molecular weight is 336 g/mol. The van der Waals surface area contributed by atoms with Crippen molar-refractivity contribution in [1.82, 2.24) is 0 Å². The summed E-state index contributed by atoms with van der Waals surface area (Å²) >= 11 is 0. The Morgan fingerprint density at radius 3 is 2.00 bits per heavy atom. The van der Waals surface area contributed by atoms with Crippen molar-refractivity contribution in [1.29, 1.82) is 0 Å². The molecule has 0 aromatic heterocycles. The largest absolute Gasteiger partial charge is 2.00 e. The summed E-state index contributed by atoms with van der Waals surface area (Å²) < 4.78 is 5.31. The fourth-order valence-corrected chi connectivity index (χ4v) is 2.42. The predicted octanol–water partition coefficient (Wildman–Crippen LogP) is 3.62. The smallest absolute Gasteiger partial charge is 0.497 e. The van der Waals surface area contributed by atoms with Crippen molar-refractivity contribution in [2.75, 3.05) is 7.11 Å². The Labute approximate surface area is 146 Å². The molecule has 0 unspecified atom stereocenters. The molecule has 3 rings (SSSR count). The van der Waals surface area contributed by atoms with Gasteiger partial charge in [0.2, 0.25) is 0 Å². The molecule has 0 amide bonds. The molecule has 3 heteroatoms. The van der Waals surface area contributed by atoms with Gasteiger partial charge in [0.05, 0.1) is 7.11 Å². The van der Waals surface area contributed by atoms with Gasteiger partial charge < -0.3 is 4.74 Å². The van der Waals surface area contributed by atoms with E-state index in [2.05, 4.69) is 0 Å². The van der Waals surface area contributed by atoms with Crippen molar-refractivity contribution in [3.05, 3.63) is 86.7 Å². The zero-order valence-electron chi connectivity index (χ0n) is 12.9. The second kappa shape index (κ2) is 10.3. The number of methoxy groups -OCH3 is 1. The van der Waals surface area contributed by atoms with Crippen LogP contribution < -0.4 is 0 Å². The summed E-state index contributed by atoms with van der Waals surface area (Å²) in [5.74, 6) is 2.02. The third-order valence-electron chi connectivity index (χ3n) is 3.45. The Morgan fingerprint density at radius 2 is 1.50 bits per heavy atom. The van der Waals surface area contributed by atoms with Crippen molar-refractivity contribution >= 4 is 5.78 Å². The number of hydrogen-bond donors (Lipinski definition) is 0. The quantitative estimate of drug-likeness (QED) is 0.720. The number of ketones is 1. The Kier molecular flexibility index (Phi) is 9.12. The number of allylic oxidation sites excluding steroid dienone is 3. The van der Waals surface area contributed by atoms with Crippen LogP contribution in [0.4, 0.5) is 0 Å². The van der Waals surface area contributed by atoms with Crippen molar-refractivity contribution in [3.63, 3.8) is 0 Å². The van der Waals surface area contributed by atoms with Crippen molar-refractivity contribution < 1.29 is 26.6 Å². The molecule has 0 heterocycles. The second-order valence-corrected chi connectivity index (χ2v) is 4.87. The molecule has 2 fully saturated rings. The SMILES string of the molecule is COC1=CCCC(=O)C([C]2[CH][CH][CH][CH]2)=C1C.[CH]1[CH][CH][CH][CH]1.[Fe+2]. The summed E-state index contributed by atoms with van der Waals surface area (Å²) in [4.78, 5) is 12.0. The van der Waals surface area contributed by atoms with Gasteiger partial charge in [-0.15, -0.1) is 0 Å². The maximum Gasteiger partial charge on any atom is 2.00 e. The monoisotopic (exact) mass is 336 g/mol. The second-order valence-electron chi connectivity index (χ2n) is 4.87. The maximum atomic E-state index is 12.0. The first-order chi connectivity index (χ1) is 10.2. The minimum Gasteiger partial charge on any atom is -0.497 e. The topological polar surface area (TPSA) is 26.3 Å². The molecule has 0 spiro atoms. The fraction of sp³-hybridized carbons (Fsp3) is 0.211. The van der Waals surface area contributed by atoms with Gasteiger partial charge in [-0.25, -0.2) is 0 Å². The van der Waals surface area contributed by atoms with Crippen LogP contribution in [0.5, 0.6) is 0 Å². The van der Waals surface area contributed by atoms with Gasteiger partial charge in [0, 0.05) is 17.9 Å². The maximum absolute atomic E-state index is 12.0. The number of hydrogen-bond acceptors (Lipinski definition) is 2. The van der Waals surface area contributed by atoms with Gasteiger partial charge in [-0.1, -0.05) is 0 Å². The first kappa shape index (κ1) is 19.5. The Balaban J connectivity index is 0.000000344. The molecule has 0 aromatic carbocycles. The van der Waals surface area contributed by atoms with Gasteiger partial charge in [0.15, 0.2) is 5.78 Å². The molecule has 0 bridgehead atoms. The number of ether oxygens (including phenoxy) is 1. The molecule has 0 atom stereocenters. The Bertz CT molecular complexity index is 406. The zero-order valence-corrected chi connectivity index (χ0v) is 14.0. The van der Waals surface area contributed by atoms with Crippen LogP contribution >= 0.6 is 0 Å². The third kappa shape index (κ3) is 5.28. The number of Topliss-reactive ketones (excluding diaryl/α,β-unsaturated/α-hetero) is 1. The van der Waals surface area contributed by atoms with Crippen LogP contribution in [0, 0.1) is 63.7 Å². The van der Waals surface area contributed by atoms with Gasteiger partial charge in [0.25, 0.3) is 0 Å². The summed E-state index contributed by atoms with van der Waals surface area (Å²) in [6, 6.07) is 0. The Morgan fingerprint density at radius 1 is 0.955 bits per heavy atom. The van der Waals surface area contributed by atoms with E-state index in [0.717, 1.165) is 29.2 Å². The Hall–Kier alpha value is -0.531. The van der Waals surface area contributed by atoms with Gasteiger partial charge in [0.1, 0.15) is 5.76 Å². The van der Waals surface area contributed by atoms with Crippen LogP contribution in [0.3, 0.4) is 0 Å². The van der Waals surface area contributed by atoms with Gasteiger partial charge >= 0.3 is 17.1 Å². The molecule has 114 valence electrons. The molecule has 3 aliphatic rings. The van der Waals surface area contributed by atoms with Gasteiger partial charge in [-0.3, -0.25) is 4.79 Å². The van der Waals surface area contributed by atoms with E-state index in [1.54, 1.807) is 7.11 Å². The zero-order chi connectivity index (χ0) is 15.1. The minimum absolute atomic E-state index is 0. The van der Waals surface area contributed by atoms with E-state index in [9.17, 15) is 4.79 Å². The number of rotatable bonds is 2. The van der Waals surface area contributed by atoms with Crippen LogP contribution in [0.25, 0.3) is 0 Å². The van der Waals surface area contributed by atoms with Crippen LogP contribution in [-0.4, -0.2) is 12.9 Å². The van der Waals surface area contributed by atoms with E-state index < -0.39 is 0 Å². The predicted molar refractivity (Wildman–Crippen MR) is 84.0 cm³/mol. The minimum atomic E-state index is 0. The molecular formula is C19H20FeO2+2. The average Bonchev–Trinajstić information content (AvgIpc) is 3.17. The van der Waals surface area contributed by atoms with Gasteiger partial charge in [-0.05, 0) is 82.8 Å². The van der Waals surface area contributed by atoms with E-state index in [1.807, 2.05) is 70.8 Å². The molecule has 2 nitrogen and oxygen atoms in total. The normalized spacial score (nSPS) is 22.5.